The van der Waals surface area contributed by atoms with E-state index in [0.717, 1.165) is 72.0 Å². The van der Waals surface area contributed by atoms with Crippen molar-refractivity contribution in [2.75, 3.05) is 0 Å². The molecule has 0 amide bonds. The van der Waals surface area contributed by atoms with E-state index in [1.54, 1.807) is 0 Å². The van der Waals surface area contributed by atoms with Gasteiger partial charge in [-0.1, -0.05) is 109 Å². The average molecular weight is 601 g/mol. The van der Waals surface area contributed by atoms with Crippen LogP contribution in [0, 0.1) is 0 Å². The van der Waals surface area contributed by atoms with Crippen LogP contribution in [0.5, 0.6) is 0 Å². The molecule has 5 nitrogen and oxygen atoms in total. The topological polar surface area (TPSA) is 64.7 Å². The molecule has 47 heavy (non-hydrogen) atoms. The molecule has 0 spiro atoms. The molecule has 0 unspecified atom stereocenters. The highest BCUT2D eigenvalue weighted by Crippen LogP contribution is 2.47. The monoisotopic (exact) mass is 600 g/mol. The zero-order chi connectivity index (χ0) is 30.9. The first-order valence-corrected chi connectivity index (χ1v) is 15.6. The van der Waals surface area contributed by atoms with Gasteiger partial charge in [0.05, 0.1) is 5.69 Å². The molecule has 1 aliphatic rings. The molecule has 5 heteroatoms. The maximum Gasteiger partial charge on any atom is 0.164 e. The SMILES string of the molecule is c1ccc(-c2nc(-c3ccc(-c4cccc5oc6ccccc6c45)cc3)nc(-c3cc4c5c(nccc5c3)-c3ccccc3-4)n2)cc1. The second-order valence-electron chi connectivity index (χ2n) is 11.9. The van der Waals surface area contributed by atoms with Gasteiger partial charge in [0.15, 0.2) is 17.5 Å². The molecule has 6 aromatic carbocycles. The molecule has 1 aliphatic carbocycles. The molecular formula is C42H24N4O. The van der Waals surface area contributed by atoms with Crippen LogP contribution in [0.15, 0.2) is 150 Å². The number of pyridine rings is 1. The molecule has 0 fully saturated rings. The van der Waals surface area contributed by atoms with Gasteiger partial charge in [0.1, 0.15) is 11.2 Å². The Labute approximate surface area is 269 Å². The number of fused-ring (bicyclic) bond motifs is 6. The number of rotatable bonds is 4. The fraction of sp³-hybridized carbons (Fsp3) is 0. The maximum absolute atomic E-state index is 6.15. The van der Waals surface area contributed by atoms with E-state index in [4.69, 9.17) is 24.4 Å². The summed E-state index contributed by atoms with van der Waals surface area (Å²) in [6.07, 6.45) is 1.88. The molecule has 0 bridgehead atoms. The number of hydrogen-bond donors (Lipinski definition) is 0. The van der Waals surface area contributed by atoms with Crippen molar-refractivity contribution in [1.29, 1.82) is 0 Å². The van der Waals surface area contributed by atoms with Crippen LogP contribution >= 0.6 is 0 Å². The normalized spacial score (nSPS) is 11.8. The molecule has 10 rings (SSSR count). The van der Waals surface area contributed by atoms with Crippen LogP contribution in [0.1, 0.15) is 0 Å². The predicted octanol–water partition coefficient (Wildman–Crippen LogP) is 10.6. The summed E-state index contributed by atoms with van der Waals surface area (Å²) in [5.41, 5.74) is 11.3. The molecule has 0 radical (unpaired) electrons. The van der Waals surface area contributed by atoms with Crippen molar-refractivity contribution in [1.82, 2.24) is 19.9 Å². The van der Waals surface area contributed by atoms with Gasteiger partial charge in [-0.3, -0.25) is 4.98 Å². The summed E-state index contributed by atoms with van der Waals surface area (Å²) in [6, 6.07) is 47.9. The van der Waals surface area contributed by atoms with Crippen LogP contribution < -0.4 is 0 Å². The first kappa shape index (κ1) is 25.8. The minimum absolute atomic E-state index is 0.625. The van der Waals surface area contributed by atoms with Crippen LogP contribution in [0.25, 0.3) is 100 Å². The maximum atomic E-state index is 6.15. The van der Waals surface area contributed by atoms with Gasteiger partial charge in [-0.2, -0.15) is 0 Å². The second-order valence-corrected chi connectivity index (χ2v) is 11.9. The smallest absolute Gasteiger partial charge is 0.164 e. The lowest BCUT2D eigenvalue weighted by atomic mass is 9.98. The quantitative estimate of drug-likeness (QED) is 0.201. The van der Waals surface area contributed by atoms with Gasteiger partial charge < -0.3 is 4.42 Å². The molecule has 0 saturated heterocycles. The first-order valence-electron chi connectivity index (χ1n) is 15.6. The van der Waals surface area contributed by atoms with Gasteiger partial charge in [-0.05, 0) is 58.0 Å². The number of benzene rings is 6. The number of para-hydroxylation sites is 1. The lowest BCUT2D eigenvalue weighted by Crippen LogP contribution is -2.00. The Morgan fingerprint density at radius 2 is 1.04 bits per heavy atom. The first-order chi connectivity index (χ1) is 23.3. The Balaban J connectivity index is 1.13. The van der Waals surface area contributed by atoms with E-state index in [1.807, 2.05) is 60.8 Å². The molecule has 3 heterocycles. The third-order valence-corrected chi connectivity index (χ3v) is 9.12. The lowest BCUT2D eigenvalue weighted by Gasteiger charge is -2.11. The summed E-state index contributed by atoms with van der Waals surface area (Å²) in [4.78, 5) is 19.8. The third-order valence-electron chi connectivity index (χ3n) is 9.12. The third kappa shape index (κ3) is 4.03. The summed E-state index contributed by atoms with van der Waals surface area (Å²) < 4.78 is 6.15. The van der Waals surface area contributed by atoms with E-state index in [-0.39, 0.29) is 0 Å². The number of hydrogen-bond acceptors (Lipinski definition) is 5. The summed E-state index contributed by atoms with van der Waals surface area (Å²) in [7, 11) is 0. The van der Waals surface area contributed by atoms with Crippen LogP contribution in [0.2, 0.25) is 0 Å². The molecule has 0 saturated carbocycles. The van der Waals surface area contributed by atoms with Crippen molar-refractivity contribution in [3.05, 3.63) is 146 Å². The molecule has 218 valence electrons. The fourth-order valence-corrected chi connectivity index (χ4v) is 6.95. The van der Waals surface area contributed by atoms with E-state index >= 15 is 0 Å². The van der Waals surface area contributed by atoms with Crippen molar-refractivity contribution < 1.29 is 4.42 Å². The van der Waals surface area contributed by atoms with Gasteiger partial charge in [-0.15, -0.1) is 0 Å². The van der Waals surface area contributed by atoms with Crippen molar-refractivity contribution in [3.8, 4) is 67.7 Å². The van der Waals surface area contributed by atoms with Crippen molar-refractivity contribution in [2.45, 2.75) is 0 Å². The Morgan fingerprint density at radius 3 is 1.87 bits per heavy atom. The fourth-order valence-electron chi connectivity index (χ4n) is 6.95. The molecule has 0 aliphatic heterocycles. The lowest BCUT2D eigenvalue weighted by molar-refractivity contribution is 0.669. The number of furan rings is 1. The van der Waals surface area contributed by atoms with Crippen molar-refractivity contribution >= 4 is 32.7 Å². The highest BCUT2D eigenvalue weighted by atomic mass is 16.3. The van der Waals surface area contributed by atoms with E-state index in [0.29, 0.717) is 17.5 Å². The molecule has 3 aromatic heterocycles. The van der Waals surface area contributed by atoms with E-state index in [2.05, 4.69) is 84.9 Å². The summed E-state index contributed by atoms with van der Waals surface area (Å²) in [5.74, 6) is 1.89. The van der Waals surface area contributed by atoms with Gasteiger partial charge in [0.25, 0.3) is 0 Å². The van der Waals surface area contributed by atoms with E-state index in [1.165, 1.54) is 10.9 Å². The van der Waals surface area contributed by atoms with Crippen LogP contribution in [0.4, 0.5) is 0 Å². The van der Waals surface area contributed by atoms with Gasteiger partial charge >= 0.3 is 0 Å². The summed E-state index contributed by atoms with van der Waals surface area (Å²) in [6.45, 7) is 0. The summed E-state index contributed by atoms with van der Waals surface area (Å²) in [5, 5.41) is 4.52. The molecule has 0 atom stereocenters. The Bertz CT molecular complexity index is 2680. The average Bonchev–Trinajstić information content (AvgIpc) is 3.69. The van der Waals surface area contributed by atoms with Gasteiger partial charge in [0.2, 0.25) is 0 Å². The minimum atomic E-state index is 0.625. The predicted molar refractivity (Wildman–Crippen MR) is 189 cm³/mol. The zero-order valence-electron chi connectivity index (χ0n) is 25.1. The largest absolute Gasteiger partial charge is 0.456 e. The minimum Gasteiger partial charge on any atom is -0.456 e. The van der Waals surface area contributed by atoms with E-state index < -0.39 is 0 Å². The molecule has 0 N–H and O–H groups in total. The number of aromatic nitrogens is 4. The highest BCUT2D eigenvalue weighted by Gasteiger charge is 2.24. The number of nitrogens with zero attached hydrogens (tertiary/aromatic N) is 4. The Hall–Kier alpha value is -6.46. The highest BCUT2D eigenvalue weighted by molar-refractivity contribution is 6.15. The van der Waals surface area contributed by atoms with Gasteiger partial charge in [0, 0.05) is 44.6 Å². The second kappa shape index (κ2) is 10.0. The van der Waals surface area contributed by atoms with Crippen molar-refractivity contribution in [2.24, 2.45) is 0 Å². The standard InChI is InChI=1S/C42H24N4O/c1-2-9-26(10-3-1)40-44-41(27-19-17-25(18-20-27)30-14-8-16-36-38(30)33-13-6-7-15-35(33)47-36)46-42(45-40)29-23-28-21-22-43-39-32-12-5-4-11-31(32)34(24-29)37(28)39/h1-24H. The van der Waals surface area contributed by atoms with Crippen LogP contribution in [-0.2, 0) is 0 Å². The summed E-state index contributed by atoms with van der Waals surface area (Å²) >= 11 is 0. The Morgan fingerprint density at radius 1 is 0.404 bits per heavy atom. The van der Waals surface area contributed by atoms with E-state index in [9.17, 15) is 0 Å². The van der Waals surface area contributed by atoms with Crippen molar-refractivity contribution in [3.63, 3.8) is 0 Å². The van der Waals surface area contributed by atoms with Gasteiger partial charge in [-0.25, -0.2) is 15.0 Å². The Kier molecular flexibility index (Phi) is 5.51. The molecular weight excluding hydrogens is 576 g/mol. The van der Waals surface area contributed by atoms with Crippen LogP contribution in [0.3, 0.4) is 0 Å². The zero-order valence-corrected chi connectivity index (χ0v) is 25.1. The van der Waals surface area contributed by atoms with Crippen LogP contribution in [-0.4, -0.2) is 19.9 Å². The molecule has 9 aromatic rings.